The number of hydrogen-bond donors (Lipinski definition) is 1. The van der Waals surface area contributed by atoms with E-state index in [0.29, 0.717) is 18.9 Å². The smallest absolute Gasteiger partial charge is 0.194 e. The van der Waals surface area contributed by atoms with Gasteiger partial charge in [0.1, 0.15) is 5.82 Å². The van der Waals surface area contributed by atoms with Crippen LogP contribution in [0.4, 0.5) is 17.6 Å². The number of nitrogens with two attached hydrogens (primary N) is 1. The van der Waals surface area contributed by atoms with E-state index >= 15 is 0 Å². The highest BCUT2D eigenvalue weighted by Gasteiger charge is 2.45. The van der Waals surface area contributed by atoms with Crippen LogP contribution in [0.3, 0.4) is 0 Å². The maximum absolute atomic E-state index is 13.1. The molecule has 1 aliphatic carbocycles. The first-order valence-corrected chi connectivity index (χ1v) is 4.08. The first kappa shape index (κ1) is 9.45. The standard InChI is InChI=1S/C9H7F4N/c10-4-3-5(11)7(12)8(13)6(4)9(14)1-2-9/h3H,1-2,14H2. The van der Waals surface area contributed by atoms with Gasteiger partial charge in [0.15, 0.2) is 17.5 Å². The van der Waals surface area contributed by atoms with Gasteiger partial charge in [-0.3, -0.25) is 0 Å². The first-order chi connectivity index (χ1) is 6.46. The van der Waals surface area contributed by atoms with Crippen LogP contribution in [-0.2, 0) is 5.54 Å². The number of halogens is 4. The molecule has 14 heavy (non-hydrogen) atoms. The molecule has 0 aromatic heterocycles. The molecule has 0 bridgehead atoms. The Morgan fingerprint density at radius 3 is 2.07 bits per heavy atom. The lowest BCUT2D eigenvalue weighted by Gasteiger charge is -2.12. The van der Waals surface area contributed by atoms with Crippen molar-refractivity contribution in [2.75, 3.05) is 0 Å². The molecular weight excluding hydrogens is 198 g/mol. The van der Waals surface area contributed by atoms with Gasteiger partial charge in [-0.25, -0.2) is 17.6 Å². The molecule has 1 aromatic carbocycles. The zero-order valence-electron chi connectivity index (χ0n) is 7.08. The summed E-state index contributed by atoms with van der Waals surface area (Å²) in [6.07, 6.45) is 0.762. The maximum atomic E-state index is 13.1. The Bertz CT molecular complexity index is 398. The highest BCUT2D eigenvalue weighted by Crippen LogP contribution is 2.45. The molecule has 2 N–H and O–H groups in total. The molecule has 1 aromatic rings. The molecule has 1 fully saturated rings. The van der Waals surface area contributed by atoms with Crippen molar-refractivity contribution in [1.82, 2.24) is 0 Å². The van der Waals surface area contributed by atoms with Gasteiger partial charge in [-0.15, -0.1) is 0 Å². The molecule has 0 atom stereocenters. The zero-order valence-corrected chi connectivity index (χ0v) is 7.08. The lowest BCUT2D eigenvalue weighted by atomic mass is 10.0. The normalized spacial score (nSPS) is 18.4. The predicted octanol–water partition coefficient (Wildman–Crippen LogP) is 2.19. The summed E-state index contributed by atoms with van der Waals surface area (Å²) < 4.78 is 51.5. The summed E-state index contributed by atoms with van der Waals surface area (Å²) in [6.45, 7) is 0. The average molecular weight is 205 g/mol. The Morgan fingerprint density at radius 1 is 1.00 bits per heavy atom. The molecule has 0 heterocycles. The predicted molar refractivity (Wildman–Crippen MR) is 41.4 cm³/mol. The van der Waals surface area contributed by atoms with E-state index in [1.165, 1.54) is 0 Å². The van der Waals surface area contributed by atoms with Crippen LogP contribution in [0.25, 0.3) is 0 Å². The van der Waals surface area contributed by atoms with E-state index in [4.69, 9.17) is 5.73 Å². The van der Waals surface area contributed by atoms with Gasteiger partial charge in [-0.05, 0) is 12.8 Å². The fourth-order valence-electron chi connectivity index (χ4n) is 1.41. The van der Waals surface area contributed by atoms with Crippen LogP contribution in [0.1, 0.15) is 18.4 Å². The van der Waals surface area contributed by atoms with Gasteiger partial charge < -0.3 is 5.73 Å². The molecule has 1 saturated carbocycles. The summed E-state index contributed by atoms with van der Waals surface area (Å²) in [7, 11) is 0. The topological polar surface area (TPSA) is 26.0 Å². The Balaban J connectivity index is 2.65. The SMILES string of the molecule is NC1(c2c(F)cc(F)c(F)c2F)CC1. The minimum absolute atomic E-state index is 0.320. The molecule has 0 amide bonds. The molecule has 0 radical (unpaired) electrons. The van der Waals surface area contributed by atoms with Crippen molar-refractivity contribution >= 4 is 0 Å². The summed E-state index contributed by atoms with van der Waals surface area (Å²) >= 11 is 0. The number of rotatable bonds is 1. The van der Waals surface area contributed by atoms with Crippen LogP contribution >= 0.6 is 0 Å². The van der Waals surface area contributed by atoms with E-state index < -0.39 is 34.4 Å². The van der Waals surface area contributed by atoms with E-state index in [2.05, 4.69) is 0 Å². The third-order valence-electron chi connectivity index (χ3n) is 2.40. The van der Waals surface area contributed by atoms with Crippen molar-refractivity contribution in [3.05, 3.63) is 34.9 Å². The zero-order chi connectivity index (χ0) is 10.5. The van der Waals surface area contributed by atoms with Crippen molar-refractivity contribution in [1.29, 1.82) is 0 Å². The van der Waals surface area contributed by atoms with Crippen LogP contribution in [0.2, 0.25) is 0 Å². The summed E-state index contributed by atoms with van der Waals surface area (Å²) in [5, 5.41) is 0. The monoisotopic (exact) mass is 205 g/mol. The van der Waals surface area contributed by atoms with Crippen LogP contribution in [0, 0.1) is 23.3 Å². The Hall–Kier alpha value is -1.10. The molecule has 76 valence electrons. The third kappa shape index (κ3) is 1.19. The summed E-state index contributed by atoms with van der Waals surface area (Å²) in [6, 6.07) is 0.320. The molecular formula is C9H7F4N. The van der Waals surface area contributed by atoms with E-state index in [1.807, 2.05) is 0 Å². The van der Waals surface area contributed by atoms with E-state index in [0.717, 1.165) is 0 Å². The third-order valence-corrected chi connectivity index (χ3v) is 2.40. The fraction of sp³-hybridized carbons (Fsp3) is 0.333. The lowest BCUT2D eigenvalue weighted by Crippen LogP contribution is -2.23. The largest absolute Gasteiger partial charge is 0.321 e. The molecule has 1 nitrogen and oxygen atoms in total. The number of hydrogen-bond acceptors (Lipinski definition) is 1. The second-order valence-electron chi connectivity index (χ2n) is 3.50. The minimum Gasteiger partial charge on any atom is -0.321 e. The summed E-state index contributed by atoms with van der Waals surface area (Å²) in [5.74, 6) is -5.84. The molecule has 1 aliphatic rings. The van der Waals surface area contributed by atoms with E-state index in [-0.39, 0.29) is 0 Å². The van der Waals surface area contributed by atoms with Crippen molar-refractivity contribution in [3.8, 4) is 0 Å². The van der Waals surface area contributed by atoms with Crippen LogP contribution in [0.5, 0.6) is 0 Å². The van der Waals surface area contributed by atoms with Crippen molar-refractivity contribution < 1.29 is 17.6 Å². The first-order valence-electron chi connectivity index (χ1n) is 4.08. The Morgan fingerprint density at radius 2 is 1.57 bits per heavy atom. The highest BCUT2D eigenvalue weighted by molar-refractivity contribution is 5.33. The second-order valence-corrected chi connectivity index (χ2v) is 3.50. The van der Waals surface area contributed by atoms with Gasteiger partial charge >= 0.3 is 0 Å². The van der Waals surface area contributed by atoms with Crippen LogP contribution in [0.15, 0.2) is 6.07 Å². The Labute approximate surface area is 77.5 Å². The van der Waals surface area contributed by atoms with E-state index in [1.54, 1.807) is 0 Å². The molecule has 0 unspecified atom stereocenters. The van der Waals surface area contributed by atoms with Crippen LogP contribution < -0.4 is 5.73 Å². The van der Waals surface area contributed by atoms with Gasteiger partial charge in [0.2, 0.25) is 0 Å². The average Bonchev–Trinajstić information content (AvgIpc) is 2.80. The van der Waals surface area contributed by atoms with Crippen molar-refractivity contribution in [2.45, 2.75) is 18.4 Å². The Kier molecular flexibility index (Phi) is 1.82. The summed E-state index contributed by atoms with van der Waals surface area (Å²) in [5.41, 5.74) is 3.82. The van der Waals surface area contributed by atoms with Gasteiger partial charge in [-0.1, -0.05) is 0 Å². The molecule has 0 aliphatic heterocycles. The van der Waals surface area contributed by atoms with Gasteiger partial charge in [-0.2, -0.15) is 0 Å². The van der Waals surface area contributed by atoms with E-state index in [9.17, 15) is 17.6 Å². The molecule has 0 spiro atoms. The maximum Gasteiger partial charge on any atom is 0.194 e. The minimum atomic E-state index is -1.67. The lowest BCUT2D eigenvalue weighted by molar-refractivity contribution is 0.414. The molecule has 0 saturated heterocycles. The van der Waals surface area contributed by atoms with Crippen molar-refractivity contribution in [2.24, 2.45) is 5.73 Å². The van der Waals surface area contributed by atoms with Crippen LogP contribution in [-0.4, -0.2) is 0 Å². The van der Waals surface area contributed by atoms with Gasteiger partial charge in [0, 0.05) is 17.2 Å². The second kappa shape index (κ2) is 2.70. The fourth-order valence-corrected chi connectivity index (χ4v) is 1.41. The highest BCUT2D eigenvalue weighted by atomic mass is 19.2. The molecule has 2 rings (SSSR count). The number of benzene rings is 1. The van der Waals surface area contributed by atoms with Gasteiger partial charge in [0.25, 0.3) is 0 Å². The molecule has 5 heteroatoms. The van der Waals surface area contributed by atoms with Gasteiger partial charge in [0.05, 0.1) is 0 Å². The summed E-state index contributed by atoms with van der Waals surface area (Å²) in [4.78, 5) is 0. The quantitative estimate of drug-likeness (QED) is 0.424. The van der Waals surface area contributed by atoms with Crippen molar-refractivity contribution in [3.63, 3.8) is 0 Å².